The zero-order chi connectivity index (χ0) is 37.7. The molecule has 14 atom stereocenters. The second kappa shape index (κ2) is 12.5. The molecule has 0 aromatic carbocycles. The Kier molecular flexibility index (Phi) is 9.80. The van der Waals surface area contributed by atoms with Crippen molar-refractivity contribution in [1.29, 1.82) is 0 Å². The Labute approximate surface area is 293 Å². The minimum Gasteiger partial charge on any atom is -0.459 e. The first-order chi connectivity index (χ1) is 22.8. The van der Waals surface area contributed by atoms with Gasteiger partial charge in [-0.1, -0.05) is 32.4 Å². The van der Waals surface area contributed by atoms with Crippen molar-refractivity contribution in [2.24, 2.45) is 39.4 Å². The Bertz CT molecular complexity index is 1460. The summed E-state index contributed by atoms with van der Waals surface area (Å²) in [6.07, 6.45) is -6.26. The number of carbonyl (C=O) groups excluding carboxylic acids is 3. The van der Waals surface area contributed by atoms with E-state index < -0.39 is 112 Å². The topological polar surface area (TPSA) is 221 Å². The summed E-state index contributed by atoms with van der Waals surface area (Å²) < 4.78 is 16.9. The van der Waals surface area contributed by atoms with Crippen LogP contribution >= 0.6 is 0 Å². The van der Waals surface area contributed by atoms with Crippen LogP contribution in [0.25, 0.3) is 0 Å². The van der Waals surface area contributed by atoms with E-state index in [0.29, 0.717) is 6.42 Å². The van der Waals surface area contributed by atoms with Crippen LogP contribution < -0.4 is 0 Å². The number of aliphatic hydroxyl groups is 7. The summed E-state index contributed by atoms with van der Waals surface area (Å²) in [4.78, 5) is 42.5. The number of allylic oxidation sites excluding steroid dienone is 4. The molecule has 0 aromatic rings. The van der Waals surface area contributed by atoms with E-state index in [-0.39, 0.29) is 30.8 Å². The van der Waals surface area contributed by atoms with Crippen molar-refractivity contribution in [2.75, 3.05) is 13.7 Å². The molecule has 0 bridgehead atoms. The number of hydrogen-bond acceptors (Lipinski definition) is 13. The monoisotopic (exact) mass is 708 g/mol. The third kappa shape index (κ3) is 5.49. The van der Waals surface area contributed by atoms with E-state index in [1.165, 1.54) is 27.9 Å². The normalized spacial score (nSPS) is 44.6. The van der Waals surface area contributed by atoms with Crippen molar-refractivity contribution in [2.45, 2.75) is 135 Å². The lowest BCUT2D eigenvalue weighted by molar-refractivity contribution is -0.291. The van der Waals surface area contributed by atoms with Gasteiger partial charge in [-0.3, -0.25) is 14.4 Å². The van der Waals surface area contributed by atoms with Gasteiger partial charge in [-0.05, 0) is 70.3 Å². The van der Waals surface area contributed by atoms with E-state index in [2.05, 4.69) is 0 Å². The molecule has 282 valence electrons. The molecule has 7 N–H and O–H groups in total. The highest BCUT2D eigenvalue weighted by molar-refractivity contribution is 6.02. The molecule has 0 radical (unpaired) electrons. The maximum Gasteiger partial charge on any atom is 0.229 e. The largest absolute Gasteiger partial charge is 0.459 e. The number of hydrogen-bond donors (Lipinski definition) is 7. The minimum absolute atomic E-state index is 0.0737. The summed E-state index contributed by atoms with van der Waals surface area (Å²) >= 11 is 0. The van der Waals surface area contributed by atoms with Crippen molar-refractivity contribution in [1.82, 2.24) is 0 Å². The zero-order valence-electron chi connectivity index (χ0n) is 30.5. The fraction of sp³-hybridized carbons (Fsp3) is 0.811. The molecule has 0 unspecified atom stereocenters. The van der Waals surface area contributed by atoms with Crippen molar-refractivity contribution >= 4 is 17.3 Å². The Morgan fingerprint density at radius 3 is 2.18 bits per heavy atom. The van der Waals surface area contributed by atoms with E-state index in [9.17, 15) is 50.1 Å². The van der Waals surface area contributed by atoms with Crippen molar-refractivity contribution in [3.63, 3.8) is 0 Å². The van der Waals surface area contributed by atoms with E-state index in [1.807, 2.05) is 26.8 Å². The molecule has 13 nitrogen and oxygen atoms in total. The van der Waals surface area contributed by atoms with Gasteiger partial charge in [0.1, 0.15) is 35.8 Å². The molecule has 1 saturated heterocycles. The summed E-state index contributed by atoms with van der Waals surface area (Å²) in [5.41, 5.74) is -6.80. The standard InChI is InChI=1S/C37H56O13/c1-32(2)17-10-11-22-34(5)14-19(39)29(37(8,47)23(40)13-25(48-9)33(3,4)46)35(34,6)15-24(41)36(22,7)18(17)12-20(30(32)45)49-31-28(44)27(43)26(42)21(16-38)50-31/h10,12,18-19,21-22,25-29,31,38-39,42-44,46-47H,11,13-16H2,1-9H3/t18-,19-,21-,22+,25+,26-,27+,28-,29+,31-,34+,35-,36+,37+/m1/s1. The number of ether oxygens (including phenoxy) is 3. The van der Waals surface area contributed by atoms with Gasteiger partial charge >= 0.3 is 0 Å². The highest BCUT2D eigenvalue weighted by Crippen LogP contribution is 2.74. The van der Waals surface area contributed by atoms with Crippen molar-refractivity contribution in [3.05, 3.63) is 23.5 Å². The molecule has 0 aromatic heterocycles. The van der Waals surface area contributed by atoms with E-state index >= 15 is 0 Å². The van der Waals surface area contributed by atoms with E-state index in [1.54, 1.807) is 19.9 Å². The lowest BCUT2D eigenvalue weighted by Crippen LogP contribution is -2.64. The lowest BCUT2D eigenvalue weighted by atomic mass is 9.39. The number of carbonyl (C=O) groups is 3. The van der Waals surface area contributed by atoms with Crippen LogP contribution in [-0.2, 0) is 28.6 Å². The number of methoxy groups -OCH3 is 1. The molecule has 1 aliphatic heterocycles. The molecule has 0 spiro atoms. The summed E-state index contributed by atoms with van der Waals surface area (Å²) in [5.74, 6) is -3.49. The Hall–Kier alpha value is -2.07. The number of aliphatic hydroxyl groups excluding tert-OH is 5. The van der Waals surface area contributed by atoms with Gasteiger partial charge in [0.25, 0.3) is 0 Å². The SMILES string of the molecule is CO[C@@H](CC(=O)[C@](C)(O)[C@H]1[C@H](O)C[C@@]2(C)[C@@H]3CC=C4[C@@H](C=C(O[C@@H]5O[C@H](CO)[C@@H](O)[C@H](O)[C@H]5O)C(=O)C4(C)C)[C@]3(C)C(=O)C[C@]12C)C(C)(C)O. The van der Waals surface area contributed by atoms with Crippen LogP contribution in [0.1, 0.15) is 81.1 Å². The number of Topliss-reactive ketones (excluding diaryl/α,β-unsaturated/α-hetero) is 3. The van der Waals surface area contributed by atoms with Crippen LogP contribution in [0.2, 0.25) is 0 Å². The van der Waals surface area contributed by atoms with Gasteiger partial charge in [0.15, 0.2) is 11.5 Å². The summed E-state index contributed by atoms with van der Waals surface area (Å²) in [7, 11) is 1.37. The van der Waals surface area contributed by atoms with E-state index in [4.69, 9.17) is 14.2 Å². The minimum atomic E-state index is -2.07. The fourth-order valence-corrected chi connectivity index (χ4v) is 10.5. The molecule has 5 aliphatic rings. The van der Waals surface area contributed by atoms with Gasteiger partial charge in [-0.25, -0.2) is 0 Å². The fourth-order valence-electron chi connectivity index (χ4n) is 10.5. The Morgan fingerprint density at radius 2 is 1.62 bits per heavy atom. The molecule has 50 heavy (non-hydrogen) atoms. The first-order valence-corrected chi connectivity index (χ1v) is 17.5. The van der Waals surface area contributed by atoms with Crippen LogP contribution in [0.3, 0.4) is 0 Å². The molecular formula is C37H56O13. The smallest absolute Gasteiger partial charge is 0.229 e. The van der Waals surface area contributed by atoms with Crippen LogP contribution in [0, 0.1) is 39.4 Å². The highest BCUT2D eigenvalue weighted by atomic mass is 16.7. The van der Waals surface area contributed by atoms with Crippen molar-refractivity contribution < 1.29 is 64.3 Å². The van der Waals surface area contributed by atoms with Gasteiger partial charge in [0.2, 0.25) is 12.1 Å². The maximum absolute atomic E-state index is 14.8. The van der Waals surface area contributed by atoms with Crippen LogP contribution in [-0.4, -0.2) is 121 Å². The highest BCUT2D eigenvalue weighted by Gasteiger charge is 2.74. The average molecular weight is 709 g/mol. The Morgan fingerprint density at radius 1 is 1.00 bits per heavy atom. The lowest BCUT2D eigenvalue weighted by Gasteiger charge is -2.63. The van der Waals surface area contributed by atoms with Gasteiger partial charge < -0.3 is 50.0 Å². The van der Waals surface area contributed by atoms with Gasteiger partial charge in [-0.2, -0.15) is 0 Å². The number of rotatable bonds is 9. The summed E-state index contributed by atoms with van der Waals surface area (Å²) in [6.45, 7) is 12.9. The van der Waals surface area contributed by atoms with Crippen LogP contribution in [0.15, 0.2) is 23.5 Å². The number of fused-ring (bicyclic) bond motifs is 5. The Balaban J connectivity index is 1.53. The maximum atomic E-state index is 14.8. The molecule has 5 rings (SSSR count). The number of ketones is 3. The molecular weight excluding hydrogens is 652 g/mol. The second-order valence-corrected chi connectivity index (χ2v) is 17.3. The van der Waals surface area contributed by atoms with Crippen molar-refractivity contribution in [3.8, 4) is 0 Å². The average Bonchev–Trinajstić information content (AvgIpc) is 3.22. The predicted molar refractivity (Wildman–Crippen MR) is 177 cm³/mol. The van der Waals surface area contributed by atoms with Crippen LogP contribution in [0.5, 0.6) is 0 Å². The quantitative estimate of drug-likeness (QED) is 0.165. The van der Waals surface area contributed by atoms with Gasteiger partial charge in [0.05, 0.1) is 29.8 Å². The molecule has 13 heteroatoms. The van der Waals surface area contributed by atoms with E-state index in [0.717, 1.165) is 5.57 Å². The molecule has 1 heterocycles. The van der Waals surface area contributed by atoms with Crippen LogP contribution in [0.4, 0.5) is 0 Å². The molecule has 0 amide bonds. The first-order valence-electron chi connectivity index (χ1n) is 17.5. The zero-order valence-corrected chi connectivity index (χ0v) is 30.5. The third-order valence-corrected chi connectivity index (χ3v) is 13.7. The summed E-state index contributed by atoms with van der Waals surface area (Å²) in [6, 6.07) is 0. The van der Waals surface area contributed by atoms with Gasteiger partial charge in [-0.15, -0.1) is 0 Å². The van der Waals surface area contributed by atoms with Gasteiger partial charge in [0, 0.05) is 37.2 Å². The third-order valence-electron chi connectivity index (χ3n) is 13.7. The molecule has 2 saturated carbocycles. The predicted octanol–water partition coefficient (Wildman–Crippen LogP) is 0.727. The first kappa shape index (κ1) is 39.1. The molecule has 3 fully saturated rings. The second-order valence-electron chi connectivity index (χ2n) is 17.3. The molecule has 4 aliphatic carbocycles. The summed E-state index contributed by atoms with van der Waals surface area (Å²) in [5, 5.41) is 75.2.